The standard InChI is InChI=1S/C14H20BrNO3S/c1-11-8-12(15)4-5-13(11)19-9-14(6-2-3-7-14)10-20(16,17)18/h4-5,8H,2-3,6-7,9-10H2,1H3,(H2,16,17,18). The van der Waals surface area contributed by atoms with Crippen LogP contribution < -0.4 is 9.88 Å². The first-order valence-electron chi connectivity index (χ1n) is 6.69. The minimum Gasteiger partial charge on any atom is -0.493 e. The van der Waals surface area contributed by atoms with Gasteiger partial charge in [-0.2, -0.15) is 0 Å². The Hall–Kier alpha value is -0.590. The Labute approximate surface area is 128 Å². The molecule has 1 aromatic rings. The molecular weight excluding hydrogens is 342 g/mol. The van der Waals surface area contributed by atoms with E-state index in [2.05, 4.69) is 15.9 Å². The van der Waals surface area contributed by atoms with Crippen LogP contribution in [-0.4, -0.2) is 20.8 Å². The van der Waals surface area contributed by atoms with Gasteiger partial charge in [0.15, 0.2) is 0 Å². The van der Waals surface area contributed by atoms with Crippen LogP contribution in [0.25, 0.3) is 0 Å². The summed E-state index contributed by atoms with van der Waals surface area (Å²) < 4.78 is 29.7. The number of sulfonamides is 1. The van der Waals surface area contributed by atoms with E-state index in [4.69, 9.17) is 9.88 Å². The van der Waals surface area contributed by atoms with E-state index in [9.17, 15) is 8.42 Å². The predicted octanol–water partition coefficient (Wildman–Crippen LogP) is 2.99. The summed E-state index contributed by atoms with van der Waals surface area (Å²) >= 11 is 3.41. The lowest BCUT2D eigenvalue weighted by Gasteiger charge is -2.28. The maximum Gasteiger partial charge on any atom is 0.209 e. The van der Waals surface area contributed by atoms with Crippen molar-refractivity contribution in [1.29, 1.82) is 0 Å². The first-order valence-corrected chi connectivity index (χ1v) is 9.20. The Bertz CT molecular complexity index is 580. The van der Waals surface area contributed by atoms with Crippen LogP contribution in [0.5, 0.6) is 5.75 Å². The van der Waals surface area contributed by atoms with Gasteiger partial charge in [0.05, 0.1) is 12.4 Å². The molecule has 0 atom stereocenters. The zero-order valence-electron chi connectivity index (χ0n) is 11.6. The van der Waals surface area contributed by atoms with Gasteiger partial charge < -0.3 is 4.74 Å². The van der Waals surface area contributed by atoms with Crippen LogP contribution in [-0.2, 0) is 10.0 Å². The zero-order valence-corrected chi connectivity index (χ0v) is 14.0. The highest BCUT2D eigenvalue weighted by atomic mass is 79.9. The molecule has 0 radical (unpaired) electrons. The number of primary sulfonamides is 1. The van der Waals surface area contributed by atoms with Gasteiger partial charge in [0, 0.05) is 9.89 Å². The first kappa shape index (κ1) is 15.8. The van der Waals surface area contributed by atoms with Crippen LogP contribution >= 0.6 is 15.9 Å². The van der Waals surface area contributed by atoms with Crippen molar-refractivity contribution in [3.63, 3.8) is 0 Å². The number of nitrogens with two attached hydrogens (primary N) is 1. The molecule has 2 rings (SSSR count). The van der Waals surface area contributed by atoms with E-state index in [0.717, 1.165) is 41.5 Å². The summed E-state index contributed by atoms with van der Waals surface area (Å²) in [5.41, 5.74) is 0.704. The molecule has 2 N–H and O–H groups in total. The molecule has 0 bridgehead atoms. The van der Waals surface area contributed by atoms with Gasteiger partial charge in [-0.25, -0.2) is 13.6 Å². The third-order valence-corrected chi connectivity index (χ3v) is 5.35. The van der Waals surface area contributed by atoms with E-state index >= 15 is 0 Å². The number of ether oxygens (including phenoxy) is 1. The summed E-state index contributed by atoms with van der Waals surface area (Å²) in [7, 11) is -3.47. The molecule has 0 aromatic heterocycles. The van der Waals surface area contributed by atoms with Crippen LogP contribution in [0.2, 0.25) is 0 Å². The van der Waals surface area contributed by atoms with E-state index in [1.54, 1.807) is 0 Å². The first-order chi connectivity index (χ1) is 9.30. The van der Waals surface area contributed by atoms with Gasteiger partial charge in [0.1, 0.15) is 5.75 Å². The fraction of sp³-hybridized carbons (Fsp3) is 0.571. The summed E-state index contributed by atoms with van der Waals surface area (Å²) in [5.74, 6) is 0.809. The number of rotatable bonds is 5. The lowest BCUT2D eigenvalue weighted by Crippen LogP contribution is -2.36. The third kappa shape index (κ3) is 4.20. The van der Waals surface area contributed by atoms with Gasteiger partial charge in [-0.15, -0.1) is 0 Å². The van der Waals surface area contributed by atoms with Crippen molar-refractivity contribution in [2.24, 2.45) is 10.6 Å². The molecule has 1 aliphatic rings. The van der Waals surface area contributed by atoms with Crippen molar-refractivity contribution in [3.05, 3.63) is 28.2 Å². The second-order valence-electron chi connectivity index (χ2n) is 5.71. The van der Waals surface area contributed by atoms with Crippen LogP contribution in [0, 0.1) is 12.3 Å². The number of aryl methyl sites for hydroxylation is 1. The molecule has 0 heterocycles. The Morgan fingerprint density at radius 3 is 2.55 bits per heavy atom. The normalized spacial score (nSPS) is 18.1. The van der Waals surface area contributed by atoms with E-state index in [-0.39, 0.29) is 11.2 Å². The van der Waals surface area contributed by atoms with E-state index < -0.39 is 10.0 Å². The minimum absolute atomic E-state index is 0.00950. The largest absolute Gasteiger partial charge is 0.493 e. The molecule has 4 nitrogen and oxygen atoms in total. The van der Waals surface area contributed by atoms with Gasteiger partial charge in [0.2, 0.25) is 10.0 Å². The average molecular weight is 362 g/mol. The quantitative estimate of drug-likeness (QED) is 0.876. The monoisotopic (exact) mass is 361 g/mol. The topological polar surface area (TPSA) is 69.4 Å². The van der Waals surface area contributed by atoms with Crippen LogP contribution in [0.15, 0.2) is 22.7 Å². The summed E-state index contributed by atoms with van der Waals surface area (Å²) in [6.07, 6.45) is 3.80. The van der Waals surface area contributed by atoms with E-state index in [1.807, 2.05) is 25.1 Å². The Morgan fingerprint density at radius 2 is 2.00 bits per heavy atom. The van der Waals surface area contributed by atoms with Crippen LogP contribution in [0.4, 0.5) is 0 Å². The molecule has 0 amide bonds. The number of hydrogen-bond donors (Lipinski definition) is 1. The van der Waals surface area contributed by atoms with Crippen molar-refractivity contribution >= 4 is 26.0 Å². The van der Waals surface area contributed by atoms with Crippen molar-refractivity contribution in [1.82, 2.24) is 0 Å². The Balaban J connectivity index is 2.09. The Kier molecular flexibility index (Phi) is 4.76. The summed E-state index contributed by atoms with van der Waals surface area (Å²) in [6, 6.07) is 5.80. The zero-order chi connectivity index (χ0) is 14.8. The summed E-state index contributed by atoms with van der Waals surface area (Å²) in [5, 5.41) is 5.23. The molecule has 20 heavy (non-hydrogen) atoms. The van der Waals surface area contributed by atoms with Gasteiger partial charge >= 0.3 is 0 Å². The predicted molar refractivity (Wildman–Crippen MR) is 83.2 cm³/mol. The molecule has 0 unspecified atom stereocenters. The Morgan fingerprint density at radius 1 is 1.35 bits per heavy atom. The van der Waals surface area contributed by atoms with Crippen molar-refractivity contribution in [3.8, 4) is 5.75 Å². The highest BCUT2D eigenvalue weighted by molar-refractivity contribution is 9.10. The fourth-order valence-corrected chi connectivity index (χ4v) is 4.59. The van der Waals surface area contributed by atoms with Gasteiger partial charge in [-0.05, 0) is 43.5 Å². The second-order valence-corrected chi connectivity index (χ2v) is 8.24. The van der Waals surface area contributed by atoms with Gasteiger partial charge in [-0.1, -0.05) is 28.8 Å². The molecular formula is C14H20BrNO3S. The molecule has 0 spiro atoms. The highest BCUT2D eigenvalue weighted by Gasteiger charge is 2.38. The smallest absolute Gasteiger partial charge is 0.209 e. The summed E-state index contributed by atoms with van der Waals surface area (Å²) in [6.45, 7) is 2.38. The lowest BCUT2D eigenvalue weighted by atomic mass is 9.90. The SMILES string of the molecule is Cc1cc(Br)ccc1OCC1(CS(N)(=O)=O)CCCC1. The number of halogens is 1. The van der Waals surface area contributed by atoms with Gasteiger partial charge in [0.25, 0.3) is 0 Å². The molecule has 0 aliphatic heterocycles. The maximum atomic E-state index is 11.4. The van der Waals surface area contributed by atoms with Crippen LogP contribution in [0.3, 0.4) is 0 Å². The van der Waals surface area contributed by atoms with Gasteiger partial charge in [-0.3, -0.25) is 0 Å². The average Bonchev–Trinajstić information content (AvgIpc) is 2.74. The lowest BCUT2D eigenvalue weighted by molar-refractivity contribution is 0.169. The van der Waals surface area contributed by atoms with Crippen molar-refractivity contribution < 1.29 is 13.2 Å². The molecule has 6 heteroatoms. The third-order valence-electron chi connectivity index (χ3n) is 3.84. The molecule has 0 saturated heterocycles. The molecule has 1 fully saturated rings. The molecule has 1 aromatic carbocycles. The summed E-state index contributed by atoms with van der Waals surface area (Å²) in [4.78, 5) is 0. The second kappa shape index (κ2) is 6.03. The number of benzene rings is 1. The maximum absolute atomic E-state index is 11.4. The number of hydrogen-bond acceptors (Lipinski definition) is 3. The van der Waals surface area contributed by atoms with E-state index in [1.165, 1.54) is 0 Å². The highest BCUT2D eigenvalue weighted by Crippen LogP contribution is 2.39. The molecule has 112 valence electrons. The molecule has 1 aliphatic carbocycles. The fourth-order valence-electron chi connectivity index (χ4n) is 2.89. The van der Waals surface area contributed by atoms with Crippen molar-refractivity contribution in [2.75, 3.05) is 12.4 Å². The minimum atomic E-state index is -3.47. The van der Waals surface area contributed by atoms with Crippen LogP contribution in [0.1, 0.15) is 31.2 Å². The van der Waals surface area contributed by atoms with E-state index in [0.29, 0.717) is 6.61 Å². The van der Waals surface area contributed by atoms with Crippen molar-refractivity contribution in [2.45, 2.75) is 32.6 Å². The molecule has 1 saturated carbocycles.